The van der Waals surface area contributed by atoms with Gasteiger partial charge in [0.25, 0.3) is 5.69 Å². The molecule has 0 unspecified atom stereocenters. The number of halogens is 1. The number of nitro groups is 1. The molecule has 1 aliphatic heterocycles. The maximum Gasteiger partial charge on any atom is 0.363 e. The molecule has 0 spiro atoms. The fourth-order valence-electron chi connectivity index (χ4n) is 3.47. The van der Waals surface area contributed by atoms with Crippen molar-refractivity contribution < 1.29 is 23.9 Å². The number of rotatable bonds is 8. The average molecular weight is 493 g/mol. The number of nitro benzene ring substituents is 1. The van der Waals surface area contributed by atoms with Gasteiger partial charge in [-0.3, -0.25) is 10.1 Å². The number of ether oxygens (including phenoxy) is 3. The summed E-state index contributed by atoms with van der Waals surface area (Å²) in [7, 11) is 0. The van der Waals surface area contributed by atoms with E-state index in [0.717, 1.165) is 5.56 Å². The smallest absolute Gasteiger partial charge is 0.363 e. The molecule has 4 rings (SSSR count). The van der Waals surface area contributed by atoms with Gasteiger partial charge in [0.15, 0.2) is 17.2 Å². The van der Waals surface area contributed by atoms with Crippen LogP contribution in [0.1, 0.15) is 29.2 Å². The quantitative estimate of drug-likeness (QED) is 0.168. The van der Waals surface area contributed by atoms with Crippen molar-refractivity contribution in [3.8, 4) is 11.5 Å². The van der Waals surface area contributed by atoms with Gasteiger partial charge in [0.2, 0.25) is 5.90 Å². The first-order valence-corrected chi connectivity index (χ1v) is 11.1. The Morgan fingerprint density at radius 1 is 1.09 bits per heavy atom. The molecule has 0 radical (unpaired) electrons. The molecule has 35 heavy (non-hydrogen) atoms. The SMILES string of the molecule is CCOc1cc(/C=C2\N=C(c3ccc([N+](=O)[O-])c(C)c3)OC2=O)ccc1OCc1cccc(Cl)c1. The Labute approximate surface area is 206 Å². The zero-order chi connectivity index (χ0) is 24.9. The molecule has 0 aromatic heterocycles. The highest BCUT2D eigenvalue weighted by Crippen LogP contribution is 2.31. The molecule has 0 fully saturated rings. The molecule has 0 N–H and O–H groups in total. The molecule has 3 aromatic rings. The Morgan fingerprint density at radius 2 is 1.91 bits per heavy atom. The number of cyclic esters (lactones) is 1. The molecule has 178 valence electrons. The zero-order valence-electron chi connectivity index (χ0n) is 19.0. The number of carbonyl (C=O) groups is 1. The molecule has 0 saturated carbocycles. The van der Waals surface area contributed by atoms with Crippen LogP contribution in [0.25, 0.3) is 6.08 Å². The maximum absolute atomic E-state index is 12.4. The van der Waals surface area contributed by atoms with Crippen molar-refractivity contribution in [3.05, 3.63) is 104 Å². The lowest BCUT2D eigenvalue weighted by molar-refractivity contribution is -0.385. The highest BCUT2D eigenvalue weighted by Gasteiger charge is 2.25. The number of aliphatic imine (C=N–C) groups is 1. The lowest BCUT2D eigenvalue weighted by Gasteiger charge is -2.13. The lowest BCUT2D eigenvalue weighted by atomic mass is 10.1. The van der Waals surface area contributed by atoms with Gasteiger partial charge >= 0.3 is 5.97 Å². The van der Waals surface area contributed by atoms with E-state index in [2.05, 4.69) is 4.99 Å². The van der Waals surface area contributed by atoms with Gasteiger partial charge in [-0.1, -0.05) is 29.8 Å². The number of nitrogens with zero attached hydrogens (tertiary/aromatic N) is 2. The predicted molar refractivity (Wildman–Crippen MR) is 132 cm³/mol. The Hall–Kier alpha value is -4.17. The molecule has 0 atom stereocenters. The third-order valence-corrected chi connectivity index (χ3v) is 5.35. The molecule has 1 aliphatic rings. The zero-order valence-corrected chi connectivity index (χ0v) is 19.7. The highest BCUT2D eigenvalue weighted by molar-refractivity contribution is 6.30. The Morgan fingerprint density at radius 3 is 2.63 bits per heavy atom. The van der Waals surface area contributed by atoms with Gasteiger partial charge in [-0.05, 0) is 67.4 Å². The van der Waals surface area contributed by atoms with Crippen molar-refractivity contribution in [2.24, 2.45) is 4.99 Å². The van der Waals surface area contributed by atoms with Gasteiger partial charge in [0, 0.05) is 22.2 Å². The molecular formula is C26H21ClN2O6. The predicted octanol–water partition coefficient (Wildman–Crippen LogP) is 5.88. The van der Waals surface area contributed by atoms with Crippen molar-refractivity contribution in [2.75, 3.05) is 6.61 Å². The number of benzene rings is 3. The van der Waals surface area contributed by atoms with Crippen LogP contribution in [0.15, 0.2) is 71.4 Å². The topological polar surface area (TPSA) is 100 Å². The van der Waals surface area contributed by atoms with E-state index in [-0.39, 0.29) is 17.3 Å². The third-order valence-electron chi connectivity index (χ3n) is 5.12. The van der Waals surface area contributed by atoms with Crippen LogP contribution in [0, 0.1) is 17.0 Å². The van der Waals surface area contributed by atoms with Crippen molar-refractivity contribution in [3.63, 3.8) is 0 Å². The van der Waals surface area contributed by atoms with Gasteiger partial charge in [-0.25, -0.2) is 9.79 Å². The molecule has 3 aromatic carbocycles. The normalized spacial score (nSPS) is 14.0. The van der Waals surface area contributed by atoms with E-state index in [0.29, 0.717) is 46.4 Å². The van der Waals surface area contributed by atoms with Crippen molar-refractivity contribution in [2.45, 2.75) is 20.5 Å². The molecule has 0 bridgehead atoms. The largest absolute Gasteiger partial charge is 0.490 e. The number of hydrogen-bond acceptors (Lipinski definition) is 7. The summed E-state index contributed by atoms with van der Waals surface area (Å²) >= 11 is 6.04. The Kier molecular flexibility index (Phi) is 7.12. The van der Waals surface area contributed by atoms with Crippen LogP contribution in [-0.2, 0) is 16.1 Å². The number of aryl methyl sites for hydroxylation is 1. The molecule has 0 aliphatic carbocycles. The van der Waals surface area contributed by atoms with Crippen LogP contribution in [0.3, 0.4) is 0 Å². The summed E-state index contributed by atoms with van der Waals surface area (Å²) in [5, 5.41) is 11.7. The van der Waals surface area contributed by atoms with E-state index in [1.165, 1.54) is 12.1 Å². The minimum Gasteiger partial charge on any atom is -0.490 e. The second-order valence-corrected chi connectivity index (χ2v) is 8.09. The Balaban J connectivity index is 1.56. The Bertz CT molecular complexity index is 1370. The van der Waals surface area contributed by atoms with E-state index < -0.39 is 10.9 Å². The molecular weight excluding hydrogens is 472 g/mol. The van der Waals surface area contributed by atoms with Crippen LogP contribution >= 0.6 is 11.6 Å². The van der Waals surface area contributed by atoms with Crippen molar-refractivity contribution >= 4 is 35.2 Å². The average Bonchev–Trinajstić information content (AvgIpc) is 3.18. The summed E-state index contributed by atoms with van der Waals surface area (Å²) in [6.07, 6.45) is 1.58. The molecule has 8 nitrogen and oxygen atoms in total. The lowest BCUT2D eigenvalue weighted by Crippen LogP contribution is -2.06. The summed E-state index contributed by atoms with van der Waals surface area (Å²) in [6, 6.07) is 17.1. The minimum absolute atomic E-state index is 0.0180. The van der Waals surface area contributed by atoms with Gasteiger partial charge in [-0.15, -0.1) is 0 Å². The first-order chi connectivity index (χ1) is 16.8. The molecule has 1 heterocycles. The second-order valence-electron chi connectivity index (χ2n) is 7.65. The number of hydrogen-bond donors (Lipinski definition) is 0. The van der Waals surface area contributed by atoms with E-state index >= 15 is 0 Å². The van der Waals surface area contributed by atoms with Gasteiger partial charge in [-0.2, -0.15) is 0 Å². The van der Waals surface area contributed by atoms with Crippen LogP contribution in [0.5, 0.6) is 11.5 Å². The molecule has 0 saturated heterocycles. The molecule has 0 amide bonds. The van der Waals surface area contributed by atoms with Crippen molar-refractivity contribution in [1.29, 1.82) is 0 Å². The van der Waals surface area contributed by atoms with E-state index in [1.807, 2.05) is 25.1 Å². The summed E-state index contributed by atoms with van der Waals surface area (Å²) in [6.45, 7) is 4.22. The van der Waals surface area contributed by atoms with Crippen LogP contribution < -0.4 is 9.47 Å². The van der Waals surface area contributed by atoms with Crippen LogP contribution in [0.4, 0.5) is 5.69 Å². The monoisotopic (exact) mass is 492 g/mol. The van der Waals surface area contributed by atoms with E-state index in [9.17, 15) is 14.9 Å². The van der Waals surface area contributed by atoms with Gasteiger partial charge in [0.1, 0.15) is 6.61 Å². The summed E-state index contributed by atoms with van der Waals surface area (Å²) < 4.78 is 16.9. The maximum atomic E-state index is 12.4. The third kappa shape index (κ3) is 5.67. The van der Waals surface area contributed by atoms with Gasteiger partial charge < -0.3 is 14.2 Å². The summed E-state index contributed by atoms with van der Waals surface area (Å²) in [4.78, 5) is 27.3. The first-order valence-electron chi connectivity index (χ1n) is 10.8. The van der Waals surface area contributed by atoms with E-state index in [1.54, 1.807) is 43.3 Å². The van der Waals surface area contributed by atoms with Crippen LogP contribution in [-0.4, -0.2) is 23.4 Å². The van der Waals surface area contributed by atoms with Gasteiger partial charge in [0.05, 0.1) is 11.5 Å². The van der Waals surface area contributed by atoms with Crippen molar-refractivity contribution in [1.82, 2.24) is 0 Å². The standard InChI is InChI=1S/C26H21ClN2O6/c1-3-33-24-14-17(7-10-23(24)34-15-18-5-4-6-20(27)12-18)13-21-26(30)35-25(28-21)19-8-9-22(29(31)32)16(2)11-19/h4-14H,3,15H2,1-2H3/b21-13-. The number of carbonyl (C=O) groups excluding carboxylic acids is 1. The molecule has 9 heteroatoms. The summed E-state index contributed by atoms with van der Waals surface area (Å²) in [5.74, 6) is 0.542. The first kappa shape index (κ1) is 24.0. The fraction of sp³-hybridized carbons (Fsp3) is 0.154. The van der Waals surface area contributed by atoms with E-state index in [4.69, 9.17) is 25.8 Å². The fourth-order valence-corrected chi connectivity index (χ4v) is 3.69. The number of esters is 1. The summed E-state index contributed by atoms with van der Waals surface area (Å²) in [5.41, 5.74) is 2.59. The minimum atomic E-state index is -0.616. The van der Waals surface area contributed by atoms with Crippen LogP contribution in [0.2, 0.25) is 5.02 Å². The highest BCUT2D eigenvalue weighted by atomic mass is 35.5. The second kappa shape index (κ2) is 10.4.